The van der Waals surface area contributed by atoms with Gasteiger partial charge in [-0.3, -0.25) is 0 Å². The molecule has 1 heterocycles. The second kappa shape index (κ2) is 4.16. The summed E-state index contributed by atoms with van der Waals surface area (Å²) in [6.45, 7) is 2.05. The molecule has 0 atom stereocenters. The second-order valence-electron chi connectivity index (χ2n) is 3.44. The van der Waals surface area contributed by atoms with E-state index in [9.17, 15) is 0 Å². The lowest BCUT2D eigenvalue weighted by molar-refractivity contribution is 0.282. The molecular weight excluding hydrogens is 256 g/mol. The van der Waals surface area contributed by atoms with Crippen LogP contribution in [0.25, 0.3) is 5.69 Å². The van der Waals surface area contributed by atoms with Crippen LogP contribution in [-0.2, 0) is 6.61 Å². The SMILES string of the molecule is Cc1cc(Br)cc(-n2cc(CO)cn2)c1. The van der Waals surface area contributed by atoms with Crippen molar-refractivity contribution in [3.05, 3.63) is 46.2 Å². The standard InChI is InChI=1S/C11H11BrN2O/c1-8-2-10(12)4-11(3-8)14-6-9(7-15)5-13-14/h2-6,15H,7H2,1H3. The van der Waals surface area contributed by atoms with E-state index in [1.54, 1.807) is 10.9 Å². The summed E-state index contributed by atoms with van der Waals surface area (Å²) in [6.07, 6.45) is 3.48. The summed E-state index contributed by atoms with van der Waals surface area (Å²) in [7, 11) is 0. The van der Waals surface area contributed by atoms with E-state index in [4.69, 9.17) is 5.11 Å². The number of benzene rings is 1. The molecule has 0 amide bonds. The zero-order chi connectivity index (χ0) is 10.8. The molecule has 0 spiro atoms. The molecule has 0 aliphatic carbocycles. The fraction of sp³-hybridized carbons (Fsp3) is 0.182. The molecule has 0 radical (unpaired) electrons. The zero-order valence-electron chi connectivity index (χ0n) is 8.31. The van der Waals surface area contributed by atoms with Gasteiger partial charge in [0.1, 0.15) is 0 Å². The van der Waals surface area contributed by atoms with Gasteiger partial charge in [-0.1, -0.05) is 15.9 Å². The third-order valence-electron chi connectivity index (χ3n) is 2.11. The lowest BCUT2D eigenvalue weighted by atomic mass is 10.2. The summed E-state index contributed by atoms with van der Waals surface area (Å²) in [5.74, 6) is 0. The van der Waals surface area contributed by atoms with Crippen molar-refractivity contribution in [2.75, 3.05) is 0 Å². The first-order valence-corrected chi connectivity index (χ1v) is 5.40. The van der Waals surface area contributed by atoms with Crippen LogP contribution < -0.4 is 0 Å². The lowest BCUT2D eigenvalue weighted by Gasteiger charge is -2.03. The van der Waals surface area contributed by atoms with Crippen molar-refractivity contribution >= 4 is 15.9 Å². The van der Waals surface area contributed by atoms with Crippen LogP contribution in [0.1, 0.15) is 11.1 Å². The maximum Gasteiger partial charge on any atom is 0.0712 e. The first kappa shape index (κ1) is 10.4. The largest absolute Gasteiger partial charge is 0.392 e. The molecule has 78 valence electrons. The normalized spacial score (nSPS) is 10.6. The number of halogens is 1. The van der Waals surface area contributed by atoms with Gasteiger partial charge in [-0.2, -0.15) is 5.10 Å². The van der Waals surface area contributed by atoms with Gasteiger partial charge < -0.3 is 5.11 Å². The number of rotatable bonds is 2. The summed E-state index contributed by atoms with van der Waals surface area (Å²) in [5, 5.41) is 13.1. The Labute approximate surface area is 96.5 Å². The number of aliphatic hydroxyl groups excluding tert-OH is 1. The van der Waals surface area contributed by atoms with Crippen molar-refractivity contribution in [1.29, 1.82) is 0 Å². The molecule has 0 aliphatic rings. The van der Waals surface area contributed by atoms with Crippen molar-refractivity contribution in [3.8, 4) is 5.69 Å². The molecule has 2 aromatic rings. The number of nitrogens with zero attached hydrogens (tertiary/aromatic N) is 2. The molecule has 2 rings (SSSR count). The van der Waals surface area contributed by atoms with Gasteiger partial charge in [-0.05, 0) is 30.7 Å². The molecule has 1 aromatic heterocycles. The average Bonchev–Trinajstić information content (AvgIpc) is 2.64. The Kier molecular flexibility index (Phi) is 2.88. The molecule has 0 saturated heterocycles. The molecule has 15 heavy (non-hydrogen) atoms. The Hall–Kier alpha value is -1.13. The molecular formula is C11H11BrN2O. The summed E-state index contributed by atoms with van der Waals surface area (Å²) in [5.41, 5.74) is 2.97. The molecule has 0 aliphatic heterocycles. The number of aromatic nitrogens is 2. The molecule has 1 N–H and O–H groups in total. The summed E-state index contributed by atoms with van der Waals surface area (Å²) < 4.78 is 2.78. The highest BCUT2D eigenvalue weighted by atomic mass is 79.9. The van der Waals surface area contributed by atoms with E-state index in [1.807, 2.05) is 31.3 Å². The summed E-state index contributed by atoms with van der Waals surface area (Å²) in [6, 6.07) is 6.07. The lowest BCUT2D eigenvalue weighted by Crippen LogP contribution is -1.94. The van der Waals surface area contributed by atoms with Crippen LogP contribution in [0.3, 0.4) is 0 Å². The van der Waals surface area contributed by atoms with Gasteiger partial charge in [0.2, 0.25) is 0 Å². The Balaban J connectivity index is 2.44. The Morgan fingerprint density at radius 1 is 1.40 bits per heavy atom. The molecule has 1 aromatic carbocycles. The van der Waals surface area contributed by atoms with E-state index < -0.39 is 0 Å². The van der Waals surface area contributed by atoms with Crippen LogP contribution in [0.2, 0.25) is 0 Å². The van der Waals surface area contributed by atoms with Crippen molar-refractivity contribution < 1.29 is 5.11 Å². The minimum Gasteiger partial charge on any atom is -0.392 e. The van der Waals surface area contributed by atoms with Crippen molar-refractivity contribution in [1.82, 2.24) is 9.78 Å². The third kappa shape index (κ3) is 2.27. The Morgan fingerprint density at radius 2 is 2.20 bits per heavy atom. The van der Waals surface area contributed by atoms with E-state index in [0.29, 0.717) is 0 Å². The van der Waals surface area contributed by atoms with Gasteiger partial charge in [0, 0.05) is 16.2 Å². The van der Waals surface area contributed by atoms with E-state index in [1.165, 1.54) is 5.56 Å². The molecule has 0 saturated carbocycles. The minimum absolute atomic E-state index is 0.0208. The Bertz CT molecular complexity index is 459. The number of aliphatic hydroxyl groups is 1. The third-order valence-corrected chi connectivity index (χ3v) is 2.57. The maximum atomic E-state index is 8.94. The topological polar surface area (TPSA) is 38.0 Å². The predicted molar refractivity (Wildman–Crippen MR) is 61.9 cm³/mol. The van der Waals surface area contributed by atoms with Crippen LogP contribution in [0.4, 0.5) is 0 Å². The number of aryl methyl sites for hydroxylation is 1. The highest BCUT2D eigenvalue weighted by molar-refractivity contribution is 9.10. The van der Waals surface area contributed by atoms with Crippen molar-refractivity contribution in [2.24, 2.45) is 0 Å². The van der Waals surface area contributed by atoms with Crippen molar-refractivity contribution in [2.45, 2.75) is 13.5 Å². The van der Waals surface area contributed by atoms with Crippen LogP contribution >= 0.6 is 15.9 Å². The maximum absolute atomic E-state index is 8.94. The van der Waals surface area contributed by atoms with Gasteiger partial charge in [-0.25, -0.2) is 4.68 Å². The molecule has 3 nitrogen and oxygen atoms in total. The van der Waals surface area contributed by atoms with E-state index in [-0.39, 0.29) is 6.61 Å². The van der Waals surface area contributed by atoms with Gasteiger partial charge >= 0.3 is 0 Å². The minimum atomic E-state index is 0.0208. The number of hydrogen-bond donors (Lipinski definition) is 1. The quantitative estimate of drug-likeness (QED) is 0.907. The zero-order valence-corrected chi connectivity index (χ0v) is 9.90. The molecule has 0 unspecified atom stereocenters. The summed E-state index contributed by atoms with van der Waals surface area (Å²) >= 11 is 3.44. The van der Waals surface area contributed by atoms with E-state index in [0.717, 1.165) is 15.7 Å². The fourth-order valence-corrected chi connectivity index (χ4v) is 2.03. The van der Waals surface area contributed by atoms with Gasteiger partial charge in [0.25, 0.3) is 0 Å². The van der Waals surface area contributed by atoms with Gasteiger partial charge in [0.05, 0.1) is 18.5 Å². The first-order chi connectivity index (χ1) is 7.19. The number of hydrogen-bond acceptors (Lipinski definition) is 2. The van der Waals surface area contributed by atoms with Crippen molar-refractivity contribution in [3.63, 3.8) is 0 Å². The fourth-order valence-electron chi connectivity index (χ4n) is 1.43. The van der Waals surface area contributed by atoms with Gasteiger partial charge in [0.15, 0.2) is 0 Å². The molecule has 4 heteroatoms. The monoisotopic (exact) mass is 266 g/mol. The molecule has 0 fully saturated rings. The highest BCUT2D eigenvalue weighted by Gasteiger charge is 2.01. The smallest absolute Gasteiger partial charge is 0.0712 e. The van der Waals surface area contributed by atoms with E-state index in [2.05, 4.69) is 21.0 Å². The van der Waals surface area contributed by atoms with Crippen LogP contribution in [0.5, 0.6) is 0 Å². The van der Waals surface area contributed by atoms with Gasteiger partial charge in [-0.15, -0.1) is 0 Å². The second-order valence-corrected chi connectivity index (χ2v) is 4.35. The first-order valence-electron chi connectivity index (χ1n) is 4.61. The average molecular weight is 267 g/mol. The van der Waals surface area contributed by atoms with E-state index >= 15 is 0 Å². The van der Waals surface area contributed by atoms with Crippen LogP contribution in [0.15, 0.2) is 35.1 Å². The molecule has 0 bridgehead atoms. The van der Waals surface area contributed by atoms with Crippen LogP contribution in [0, 0.1) is 6.92 Å². The highest BCUT2D eigenvalue weighted by Crippen LogP contribution is 2.18. The predicted octanol–water partition coefficient (Wildman–Crippen LogP) is 2.44. The summed E-state index contributed by atoms with van der Waals surface area (Å²) in [4.78, 5) is 0. The van der Waals surface area contributed by atoms with Crippen LogP contribution in [-0.4, -0.2) is 14.9 Å². The Morgan fingerprint density at radius 3 is 2.80 bits per heavy atom.